The van der Waals surface area contributed by atoms with Crippen LogP contribution in [0.5, 0.6) is 0 Å². The first-order chi connectivity index (χ1) is 15.8. The van der Waals surface area contributed by atoms with E-state index in [-0.39, 0.29) is 11.4 Å². The lowest BCUT2D eigenvalue weighted by molar-refractivity contribution is -0.114. The number of benzene rings is 1. The summed E-state index contributed by atoms with van der Waals surface area (Å²) in [4.78, 5) is 17.0. The zero-order chi connectivity index (χ0) is 23.3. The Morgan fingerprint density at radius 1 is 1.15 bits per heavy atom. The van der Waals surface area contributed by atoms with Crippen molar-refractivity contribution in [2.45, 2.75) is 33.6 Å². The Labute approximate surface area is 196 Å². The van der Waals surface area contributed by atoms with E-state index >= 15 is 0 Å². The molecule has 4 heterocycles. The number of hydrazone groups is 1. The molecule has 0 saturated carbocycles. The van der Waals surface area contributed by atoms with Gasteiger partial charge in [0.1, 0.15) is 0 Å². The third-order valence-corrected chi connectivity index (χ3v) is 6.70. The van der Waals surface area contributed by atoms with Crippen LogP contribution in [-0.4, -0.2) is 31.5 Å². The van der Waals surface area contributed by atoms with Crippen molar-refractivity contribution in [3.05, 3.63) is 82.6 Å². The van der Waals surface area contributed by atoms with E-state index in [0.717, 1.165) is 22.6 Å². The van der Waals surface area contributed by atoms with Crippen molar-refractivity contribution in [2.24, 2.45) is 10.1 Å². The predicted octanol–water partition coefficient (Wildman–Crippen LogP) is 5.48. The fourth-order valence-corrected chi connectivity index (χ4v) is 4.85. The number of rotatable bonds is 4. The van der Waals surface area contributed by atoms with Crippen molar-refractivity contribution in [2.75, 3.05) is 0 Å². The highest BCUT2D eigenvalue weighted by molar-refractivity contribution is 8.27. The first kappa shape index (κ1) is 21.2. The normalized spacial score (nSPS) is 17.1. The number of aryl methyl sites for hydroxylation is 1. The summed E-state index contributed by atoms with van der Waals surface area (Å²) in [7, 11) is 0. The van der Waals surface area contributed by atoms with Gasteiger partial charge in [0.2, 0.25) is 5.17 Å². The standard InChI is InChI=1S/C25H23N5O2S/c1-14(2)17-7-9-19(10-8-17)29-15(3)12-18(16(29)4)13-20-22(26)30-25(27-23(20)31)33-24(28-30)21-6-5-11-32-21/h5-14,26H,1-4H3/b20-13-,26-22?. The molecule has 0 fully saturated rings. The Kier molecular flexibility index (Phi) is 5.17. The van der Waals surface area contributed by atoms with Gasteiger partial charge in [-0.05, 0) is 79.1 Å². The first-order valence-electron chi connectivity index (χ1n) is 10.7. The van der Waals surface area contributed by atoms with E-state index in [1.54, 1.807) is 24.5 Å². The number of carbonyl (C=O) groups is 1. The summed E-state index contributed by atoms with van der Waals surface area (Å²) in [6.07, 6.45) is 3.29. The molecule has 0 bridgehead atoms. The number of aromatic nitrogens is 1. The fraction of sp³-hybridized carbons (Fsp3) is 0.200. The van der Waals surface area contributed by atoms with Gasteiger partial charge in [0, 0.05) is 17.1 Å². The van der Waals surface area contributed by atoms with Crippen molar-refractivity contribution in [3.63, 3.8) is 0 Å². The zero-order valence-electron chi connectivity index (χ0n) is 18.8. The summed E-state index contributed by atoms with van der Waals surface area (Å²) in [5.74, 6) is 0.612. The Morgan fingerprint density at radius 2 is 1.91 bits per heavy atom. The first-order valence-corrected chi connectivity index (χ1v) is 11.5. The van der Waals surface area contributed by atoms with Gasteiger partial charge in [0.05, 0.1) is 11.8 Å². The lowest BCUT2D eigenvalue weighted by Gasteiger charge is -2.20. The number of hydrogen-bond acceptors (Lipinski definition) is 5. The van der Waals surface area contributed by atoms with Crippen molar-refractivity contribution >= 4 is 39.8 Å². The summed E-state index contributed by atoms with van der Waals surface area (Å²) in [6, 6.07) is 14.1. The zero-order valence-corrected chi connectivity index (χ0v) is 19.6. The van der Waals surface area contributed by atoms with Crippen molar-refractivity contribution in [1.82, 2.24) is 9.58 Å². The van der Waals surface area contributed by atoms with Gasteiger partial charge >= 0.3 is 0 Å². The minimum Gasteiger partial charge on any atom is -0.462 e. The van der Waals surface area contributed by atoms with Gasteiger partial charge in [0.15, 0.2) is 16.6 Å². The van der Waals surface area contributed by atoms with Crippen LogP contribution in [0.1, 0.15) is 48.0 Å². The number of thioether (sulfide) groups is 1. The molecule has 0 aliphatic carbocycles. The van der Waals surface area contributed by atoms with E-state index in [1.165, 1.54) is 22.3 Å². The fourth-order valence-electron chi connectivity index (χ4n) is 3.99. The molecule has 5 rings (SSSR count). The van der Waals surface area contributed by atoms with Crippen molar-refractivity contribution in [1.29, 1.82) is 5.41 Å². The van der Waals surface area contributed by atoms with Gasteiger partial charge in [-0.15, -0.1) is 0 Å². The number of carbonyl (C=O) groups excluding carboxylic acids is 1. The second kappa shape index (κ2) is 8.04. The van der Waals surface area contributed by atoms with E-state index in [9.17, 15) is 4.79 Å². The molecule has 7 nitrogen and oxygen atoms in total. The van der Waals surface area contributed by atoms with E-state index in [2.05, 4.69) is 52.8 Å². The number of amides is 1. The molecule has 2 aliphatic rings. The maximum absolute atomic E-state index is 12.8. The molecule has 0 atom stereocenters. The summed E-state index contributed by atoms with van der Waals surface area (Å²) in [6.45, 7) is 8.40. The van der Waals surface area contributed by atoms with E-state index in [4.69, 9.17) is 9.83 Å². The molecule has 8 heteroatoms. The average molecular weight is 458 g/mol. The SMILES string of the molecule is Cc1cc(/C=C2/C(=N)N3N=C(c4ccco4)SC3=NC2=O)c(C)n1-c1ccc(C(C)C)cc1. The van der Waals surface area contributed by atoms with Crippen LogP contribution in [0.3, 0.4) is 0 Å². The second-order valence-corrected chi connectivity index (χ2v) is 9.27. The van der Waals surface area contributed by atoms with Gasteiger partial charge in [-0.2, -0.15) is 15.1 Å². The maximum Gasteiger partial charge on any atom is 0.283 e. The number of amidine groups is 2. The largest absolute Gasteiger partial charge is 0.462 e. The number of aliphatic imine (C=N–C) groups is 1. The quantitative estimate of drug-likeness (QED) is 0.526. The lowest BCUT2D eigenvalue weighted by atomic mass is 10.0. The third kappa shape index (κ3) is 3.66. The van der Waals surface area contributed by atoms with Crippen LogP contribution in [0.4, 0.5) is 0 Å². The van der Waals surface area contributed by atoms with E-state index < -0.39 is 5.91 Å². The van der Waals surface area contributed by atoms with Crippen LogP contribution in [-0.2, 0) is 4.79 Å². The number of nitrogens with zero attached hydrogens (tertiary/aromatic N) is 4. The number of fused-ring (bicyclic) bond motifs is 1. The van der Waals surface area contributed by atoms with Crippen LogP contribution >= 0.6 is 11.8 Å². The van der Waals surface area contributed by atoms with E-state index in [1.807, 2.05) is 19.9 Å². The van der Waals surface area contributed by atoms with Gasteiger partial charge in [-0.3, -0.25) is 10.2 Å². The molecule has 1 N–H and O–H groups in total. The summed E-state index contributed by atoms with van der Waals surface area (Å²) < 4.78 is 7.55. The van der Waals surface area contributed by atoms with Gasteiger partial charge in [-0.25, -0.2) is 0 Å². The second-order valence-electron chi connectivity index (χ2n) is 8.31. The molecule has 1 aromatic carbocycles. The number of furan rings is 1. The lowest BCUT2D eigenvalue weighted by Crippen LogP contribution is -2.35. The molecule has 2 aliphatic heterocycles. The third-order valence-electron chi connectivity index (χ3n) is 5.77. The molecule has 3 aromatic rings. The van der Waals surface area contributed by atoms with Crippen molar-refractivity contribution < 1.29 is 9.21 Å². The smallest absolute Gasteiger partial charge is 0.283 e. The molecule has 0 spiro atoms. The maximum atomic E-state index is 12.8. The van der Waals surface area contributed by atoms with Gasteiger partial charge < -0.3 is 8.98 Å². The molecule has 2 aromatic heterocycles. The van der Waals surface area contributed by atoms with Gasteiger partial charge in [-0.1, -0.05) is 26.0 Å². The van der Waals surface area contributed by atoms with Crippen LogP contribution in [0.25, 0.3) is 11.8 Å². The van der Waals surface area contributed by atoms with Crippen LogP contribution in [0.15, 0.2) is 68.8 Å². The molecule has 0 saturated heterocycles. The Bertz CT molecular complexity index is 1360. The summed E-state index contributed by atoms with van der Waals surface area (Å²) in [5.41, 5.74) is 5.46. The minimum atomic E-state index is -0.444. The molecular weight excluding hydrogens is 434 g/mol. The molecule has 33 heavy (non-hydrogen) atoms. The molecule has 0 radical (unpaired) electrons. The highest BCUT2D eigenvalue weighted by atomic mass is 32.2. The topological polar surface area (TPSA) is 87.0 Å². The monoisotopic (exact) mass is 457 g/mol. The Hall–Kier alpha value is -3.65. The highest BCUT2D eigenvalue weighted by Gasteiger charge is 2.36. The average Bonchev–Trinajstić information content (AvgIpc) is 3.51. The Morgan fingerprint density at radius 3 is 2.58 bits per heavy atom. The minimum absolute atomic E-state index is 0.00476. The van der Waals surface area contributed by atoms with Crippen LogP contribution in [0, 0.1) is 19.3 Å². The summed E-state index contributed by atoms with van der Waals surface area (Å²) in [5, 5.41) is 15.4. The summed E-state index contributed by atoms with van der Waals surface area (Å²) >= 11 is 1.22. The predicted molar refractivity (Wildman–Crippen MR) is 132 cm³/mol. The van der Waals surface area contributed by atoms with Gasteiger partial charge in [0.25, 0.3) is 5.91 Å². The van der Waals surface area contributed by atoms with Crippen molar-refractivity contribution in [3.8, 4) is 5.69 Å². The highest BCUT2D eigenvalue weighted by Crippen LogP contribution is 2.32. The van der Waals surface area contributed by atoms with Crippen LogP contribution < -0.4 is 0 Å². The Balaban J connectivity index is 1.49. The number of hydrogen-bond donors (Lipinski definition) is 1. The molecule has 0 unspecified atom stereocenters. The number of nitrogens with one attached hydrogen (secondary N) is 1. The molecule has 166 valence electrons. The molecule has 1 amide bonds. The van der Waals surface area contributed by atoms with Crippen LogP contribution in [0.2, 0.25) is 0 Å². The molecular formula is C25H23N5O2S. The van der Waals surface area contributed by atoms with E-state index in [0.29, 0.717) is 21.9 Å².